The lowest BCUT2D eigenvalue weighted by atomic mass is 9.77. The second kappa shape index (κ2) is 13.4. The zero-order valence-electron chi connectivity index (χ0n) is 25.3. The van der Waals surface area contributed by atoms with Crippen LogP contribution in [0.5, 0.6) is 0 Å². The molecule has 2 amide bonds. The van der Waals surface area contributed by atoms with Gasteiger partial charge in [0, 0.05) is 24.8 Å². The molecule has 1 atom stereocenters. The van der Waals surface area contributed by atoms with Crippen molar-refractivity contribution in [1.29, 1.82) is 0 Å². The first-order chi connectivity index (χ1) is 22.1. The van der Waals surface area contributed by atoms with E-state index < -0.39 is 5.54 Å². The van der Waals surface area contributed by atoms with Gasteiger partial charge < -0.3 is 10.1 Å². The van der Waals surface area contributed by atoms with Crippen molar-refractivity contribution >= 4 is 28.8 Å². The third-order valence-electron chi connectivity index (χ3n) is 7.91. The first kappa shape index (κ1) is 29.5. The van der Waals surface area contributed by atoms with Gasteiger partial charge in [-0.3, -0.25) is 5.32 Å². The van der Waals surface area contributed by atoms with Gasteiger partial charge in [-0.05, 0) is 35.3 Å². The standard InChI is InChI=1S/C38H35N5O2/c1-28(29-16-7-3-8-17-29)40-37(44)41-36-26-35-33(27-39-36)34(24-15-25-45-2)42-43(35)38(30-18-9-4-10-19-30,31-20-11-5-12-21-31)32-22-13-6-14-23-32/h3-24,26-28H,25H2,1-2H3,(H2,39,40,41,44)/b24-15+/t28-/m1/s1. The van der Waals surface area contributed by atoms with Crippen LogP contribution < -0.4 is 10.6 Å². The van der Waals surface area contributed by atoms with E-state index in [0.29, 0.717) is 12.4 Å². The monoisotopic (exact) mass is 593 g/mol. The quantitative estimate of drug-likeness (QED) is 0.159. The van der Waals surface area contributed by atoms with Crippen LogP contribution in [0.4, 0.5) is 10.6 Å². The second-order valence-electron chi connectivity index (χ2n) is 10.8. The molecular formula is C38H35N5O2. The number of nitrogens with zero attached hydrogens (tertiary/aromatic N) is 3. The molecule has 0 spiro atoms. The number of carbonyl (C=O) groups excluding carboxylic acids is 1. The number of urea groups is 1. The van der Waals surface area contributed by atoms with Crippen molar-refractivity contribution in [2.24, 2.45) is 0 Å². The second-order valence-corrected chi connectivity index (χ2v) is 10.8. The van der Waals surface area contributed by atoms with Gasteiger partial charge in [0.1, 0.15) is 11.4 Å². The Bertz CT molecular complexity index is 1790. The number of carbonyl (C=O) groups is 1. The molecule has 0 aliphatic rings. The summed E-state index contributed by atoms with van der Waals surface area (Å²) in [6, 6.07) is 42.4. The summed E-state index contributed by atoms with van der Waals surface area (Å²) in [5.41, 5.74) is 4.85. The van der Waals surface area contributed by atoms with Crippen LogP contribution in [-0.4, -0.2) is 34.5 Å². The van der Waals surface area contributed by atoms with Crippen molar-refractivity contribution in [2.75, 3.05) is 19.0 Å². The van der Waals surface area contributed by atoms with E-state index in [2.05, 4.69) is 56.7 Å². The number of hydrogen-bond donors (Lipinski definition) is 2. The highest BCUT2D eigenvalue weighted by Crippen LogP contribution is 2.43. The van der Waals surface area contributed by atoms with Gasteiger partial charge in [0.15, 0.2) is 0 Å². The normalized spacial score (nSPS) is 12.3. The Hall–Kier alpha value is -5.53. The molecule has 2 heterocycles. The molecule has 0 radical (unpaired) electrons. The molecule has 45 heavy (non-hydrogen) atoms. The van der Waals surface area contributed by atoms with E-state index in [9.17, 15) is 4.79 Å². The van der Waals surface area contributed by atoms with E-state index in [-0.39, 0.29) is 12.1 Å². The van der Waals surface area contributed by atoms with Crippen LogP contribution in [0.1, 0.15) is 40.9 Å². The maximum Gasteiger partial charge on any atom is 0.320 e. The average Bonchev–Trinajstić information content (AvgIpc) is 3.45. The number of aromatic nitrogens is 3. The van der Waals surface area contributed by atoms with Crippen molar-refractivity contribution in [3.8, 4) is 0 Å². The minimum Gasteiger partial charge on any atom is -0.381 e. The lowest BCUT2D eigenvalue weighted by Crippen LogP contribution is -2.38. The number of nitrogens with one attached hydrogen (secondary N) is 2. The fourth-order valence-electron chi connectivity index (χ4n) is 5.81. The molecule has 0 fully saturated rings. The third kappa shape index (κ3) is 5.98. The topological polar surface area (TPSA) is 81.1 Å². The fraction of sp³-hybridized carbons (Fsp3) is 0.132. The molecule has 0 saturated carbocycles. The summed E-state index contributed by atoms with van der Waals surface area (Å²) >= 11 is 0. The number of fused-ring (bicyclic) bond motifs is 1. The van der Waals surface area contributed by atoms with Crippen molar-refractivity contribution < 1.29 is 9.53 Å². The van der Waals surface area contributed by atoms with E-state index in [0.717, 1.165) is 38.9 Å². The molecule has 0 aliphatic heterocycles. The van der Waals surface area contributed by atoms with Crippen LogP contribution >= 0.6 is 0 Å². The highest BCUT2D eigenvalue weighted by Gasteiger charge is 2.40. The Morgan fingerprint density at radius 3 is 1.91 bits per heavy atom. The third-order valence-corrected chi connectivity index (χ3v) is 7.91. The lowest BCUT2D eigenvalue weighted by molar-refractivity contribution is 0.234. The van der Waals surface area contributed by atoms with Gasteiger partial charge in [0.2, 0.25) is 0 Å². The predicted molar refractivity (Wildman–Crippen MR) is 180 cm³/mol. The molecule has 0 aliphatic carbocycles. The number of hydrogen-bond acceptors (Lipinski definition) is 4. The number of methoxy groups -OCH3 is 1. The SMILES string of the molecule is COC/C=C/c1nn(C(c2ccccc2)(c2ccccc2)c2ccccc2)c2cc(NC(=O)N[C@H](C)c3ccccc3)ncc12. The summed E-state index contributed by atoms with van der Waals surface area (Å²) in [5.74, 6) is 0.414. The Morgan fingerprint density at radius 2 is 1.38 bits per heavy atom. The molecule has 2 N–H and O–H groups in total. The molecule has 7 nitrogen and oxygen atoms in total. The highest BCUT2D eigenvalue weighted by atomic mass is 16.5. The molecule has 0 bridgehead atoms. The minimum absolute atomic E-state index is 0.181. The van der Waals surface area contributed by atoms with E-state index >= 15 is 0 Å². The Morgan fingerprint density at radius 1 is 0.844 bits per heavy atom. The van der Waals surface area contributed by atoms with E-state index in [1.54, 1.807) is 13.3 Å². The number of ether oxygens (including phenoxy) is 1. The minimum atomic E-state index is -0.849. The maximum atomic E-state index is 13.1. The van der Waals surface area contributed by atoms with Gasteiger partial charge in [-0.15, -0.1) is 0 Å². The Kier molecular flexibility index (Phi) is 8.80. The van der Waals surface area contributed by atoms with Gasteiger partial charge in [-0.1, -0.05) is 127 Å². The van der Waals surface area contributed by atoms with Crippen LogP contribution in [0.25, 0.3) is 17.0 Å². The van der Waals surface area contributed by atoms with Crippen LogP contribution in [-0.2, 0) is 10.3 Å². The van der Waals surface area contributed by atoms with Crippen molar-refractivity contribution in [3.63, 3.8) is 0 Å². The van der Waals surface area contributed by atoms with Gasteiger partial charge in [0.25, 0.3) is 0 Å². The summed E-state index contributed by atoms with van der Waals surface area (Å²) in [6.45, 7) is 2.40. The summed E-state index contributed by atoms with van der Waals surface area (Å²) < 4.78 is 7.35. The van der Waals surface area contributed by atoms with E-state index in [1.165, 1.54) is 0 Å². The maximum absolute atomic E-state index is 13.1. The van der Waals surface area contributed by atoms with E-state index in [4.69, 9.17) is 9.84 Å². The van der Waals surface area contributed by atoms with Crippen LogP contribution in [0.3, 0.4) is 0 Å². The molecule has 0 unspecified atom stereocenters. The van der Waals surface area contributed by atoms with E-state index in [1.807, 2.05) is 110 Å². The molecule has 2 aromatic heterocycles. The Balaban J connectivity index is 1.54. The number of pyridine rings is 1. The molecule has 7 heteroatoms. The molecule has 6 rings (SSSR count). The number of rotatable bonds is 10. The predicted octanol–water partition coefficient (Wildman–Crippen LogP) is 7.81. The number of anilines is 1. The van der Waals surface area contributed by atoms with Crippen LogP contribution in [0, 0.1) is 0 Å². The highest BCUT2D eigenvalue weighted by molar-refractivity contribution is 5.93. The number of benzene rings is 4. The summed E-state index contributed by atoms with van der Waals surface area (Å²) in [6.07, 6.45) is 5.66. The first-order valence-electron chi connectivity index (χ1n) is 14.9. The first-order valence-corrected chi connectivity index (χ1v) is 14.9. The molecule has 6 aromatic rings. The molecular weight excluding hydrogens is 558 g/mol. The molecule has 4 aromatic carbocycles. The van der Waals surface area contributed by atoms with Gasteiger partial charge in [-0.25, -0.2) is 14.5 Å². The summed E-state index contributed by atoms with van der Waals surface area (Å²) in [5, 5.41) is 12.1. The summed E-state index contributed by atoms with van der Waals surface area (Å²) in [7, 11) is 1.66. The molecule has 0 saturated heterocycles. The van der Waals surface area contributed by atoms with Crippen LogP contribution in [0.15, 0.2) is 140 Å². The fourth-order valence-corrected chi connectivity index (χ4v) is 5.81. The average molecular weight is 594 g/mol. The largest absolute Gasteiger partial charge is 0.381 e. The van der Waals surface area contributed by atoms with Gasteiger partial charge in [0.05, 0.1) is 23.9 Å². The van der Waals surface area contributed by atoms with Crippen LogP contribution in [0.2, 0.25) is 0 Å². The Labute approximate surface area is 263 Å². The lowest BCUT2D eigenvalue weighted by Gasteiger charge is -2.37. The summed E-state index contributed by atoms with van der Waals surface area (Å²) in [4.78, 5) is 17.8. The zero-order chi connectivity index (χ0) is 31.1. The zero-order valence-corrected chi connectivity index (χ0v) is 25.3. The smallest absolute Gasteiger partial charge is 0.320 e. The number of amides is 2. The van der Waals surface area contributed by atoms with Gasteiger partial charge >= 0.3 is 6.03 Å². The van der Waals surface area contributed by atoms with Gasteiger partial charge in [-0.2, -0.15) is 5.10 Å². The molecule has 224 valence electrons. The van der Waals surface area contributed by atoms with Crippen molar-refractivity contribution in [1.82, 2.24) is 20.1 Å². The van der Waals surface area contributed by atoms with Crippen molar-refractivity contribution in [2.45, 2.75) is 18.5 Å². The van der Waals surface area contributed by atoms with Crippen molar-refractivity contribution in [3.05, 3.63) is 168 Å².